The molecule has 204 valence electrons. The van der Waals surface area contributed by atoms with Crippen LogP contribution in [0.3, 0.4) is 0 Å². The lowest BCUT2D eigenvalue weighted by atomic mass is 10.1. The molecule has 4 aromatic rings. The fourth-order valence-electron chi connectivity index (χ4n) is 3.76. The van der Waals surface area contributed by atoms with E-state index in [0.29, 0.717) is 32.9 Å². The van der Waals surface area contributed by atoms with Gasteiger partial charge < -0.3 is 5.32 Å². The maximum atomic E-state index is 14.0. The molecule has 1 fully saturated rings. The molecule has 10 nitrogen and oxygen atoms in total. The van der Waals surface area contributed by atoms with Crippen LogP contribution in [0.1, 0.15) is 5.82 Å². The summed E-state index contributed by atoms with van der Waals surface area (Å²) in [6.45, 7) is -1.12. The minimum atomic E-state index is -4.81. The fourth-order valence-corrected chi connectivity index (χ4v) is 4.87. The number of halogens is 5. The zero-order chi connectivity index (χ0) is 27.7. The van der Waals surface area contributed by atoms with Crippen molar-refractivity contribution in [3.8, 4) is 17.2 Å². The quantitative estimate of drug-likeness (QED) is 0.330. The SMILES string of the molecule is O=C(NC(Cn1c(-c2ccc(Cl)cc2)nn(Cc2ncn(-c3ncccc3Cl)n2)c1=O)C(F)(F)F)C1CSC1. The van der Waals surface area contributed by atoms with Crippen LogP contribution in [0.2, 0.25) is 10.0 Å². The highest BCUT2D eigenvalue weighted by Crippen LogP contribution is 2.28. The number of hydrogen-bond acceptors (Lipinski definition) is 7. The molecule has 0 aliphatic carbocycles. The molecule has 1 N–H and O–H groups in total. The Morgan fingerprint density at radius 3 is 2.51 bits per heavy atom. The number of carbonyl (C=O) groups excluding carboxylic acids is 1. The summed E-state index contributed by atoms with van der Waals surface area (Å²) in [6, 6.07) is 7.09. The molecule has 1 aliphatic heterocycles. The first-order valence-corrected chi connectivity index (χ1v) is 13.4. The normalized spacial score (nSPS) is 14.7. The molecule has 0 radical (unpaired) electrons. The summed E-state index contributed by atoms with van der Waals surface area (Å²) >= 11 is 13.6. The molecule has 1 amide bonds. The van der Waals surface area contributed by atoms with E-state index in [1.54, 1.807) is 12.1 Å². The summed E-state index contributed by atoms with van der Waals surface area (Å²) < 4.78 is 45.2. The number of hydrogen-bond donors (Lipinski definition) is 1. The minimum Gasteiger partial charge on any atom is -0.343 e. The molecule has 1 aliphatic rings. The second-order valence-corrected chi connectivity index (χ2v) is 10.6. The Kier molecular flexibility index (Phi) is 7.69. The zero-order valence-corrected chi connectivity index (χ0v) is 22.2. The zero-order valence-electron chi connectivity index (χ0n) is 19.8. The molecule has 1 unspecified atom stereocenters. The van der Waals surface area contributed by atoms with Gasteiger partial charge in [0.25, 0.3) is 0 Å². The van der Waals surface area contributed by atoms with E-state index in [9.17, 15) is 22.8 Å². The first-order valence-electron chi connectivity index (χ1n) is 11.5. The van der Waals surface area contributed by atoms with E-state index in [0.717, 1.165) is 9.25 Å². The molecule has 1 saturated heterocycles. The second-order valence-electron chi connectivity index (χ2n) is 8.63. The van der Waals surface area contributed by atoms with Gasteiger partial charge in [-0.2, -0.15) is 24.9 Å². The van der Waals surface area contributed by atoms with Gasteiger partial charge in [0.15, 0.2) is 17.5 Å². The van der Waals surface area contributed by atoms with Crippen molar-refractivity contribution in [2.75, 3.05) is 11.5 Å². The summed E-state index contributed by atoms with van der Waals surface area (Å²) in [5.74, 6) is 0.130. The number of rotatable bonds is 8. The van der Waals surface area contributed by atoms with Crippen LogP contribution in [0.25, 0.3) is 17.2 Å². The van der Waals surface area contributed by atoms with Gasteiger partial charge in [-0.05, 0) is 36.4 Å². The van der Waals surface area contributed by atoms with E-state index in [1.165, 1.54) is 53.2 Å². The van der Waals surface area contributed by atoms with Crippen molar-refractivity contribution in [3.05, 3.63) is 75.3 Å². The third-order valence-electron chi connectivity index (χ3n) is 5.90. The van der Waals surface area contributed by atoms with Crippen molar-refractivity contribution < 1.29 is 18.0 Å². The molecule has 3 aromatic heterocycles. The summed E-state index contributed by atoms with van der Waals surface area (Å²) in [5.41, 5.74) is -0.480. The van der Waals surface area contributed by atoms with Gasteiger partial charge in [0.05, 0.1) is 17.5 Å². The summed E-state index contributed by atoms with van der Waals surface area (Å²) in [7, 11) is 0. The highest BCUT2D eigenvalue weighted by atomic mass is 35.5. The van der Waals surface area contributed by atoms with Crippen molar-refractivity contribution in [3.63, 3.8) is 0 Å². The first-order chi connectivity index (χ1) is 18.6. The Morgan fingerprint density at radius 2 is 1.87 bits per heavy atom. The van der Waals surface area contributed by atoms with Crippen LogP contribution < -0.4 is 11.0 Å². The predicted molar refractivity (Wildman–Crippen MR) is 139 cm³/mol. The van der Waals surface area contributed by atoms with E-state index < -0.39 is 36.3 Å². The van der Waals surface area contributed by atoms with Gasteiger partial charge in [-0.3, -0.25) is 9.36 Å². The molecular weight excluding hydrogens is 580 g/mol. The number of nitrogens with one attached hydrogen (secondary N) is 1. The van der Waals surface area contributed by atoms with Gasteiger partial charge in [0, 0.05) is 28.3 Å². The van der Waals surface area contributed by atoms with Crippen molar-refractivity contribution in [2.45, 2.75) is 25.3 Å². The Morgan fingerprint density at radius 1 is 1.13 bits per heavy atom. The number of benzene rings is 1. The third kappa shape index (κ3) is 5.97. The lowest BCUT2D eigenvalue weighted by Gasteiger charge is -2.28. The van der Waals surface area contributed by atoms with Gasteiger partial charge in [-0.15, -0.1) is 10.2 Å². The molecular formula is C23H19Cl2F3N8O2S. The van der Waals surface area contributed by atoms with Gasteiger partial charge in [0.2, 0.25) is 5.91 Å². The first kappa shape index (κ1) is 27.2. The highest BCUT2D eigenvalue weighted by molar-refractivity contribution is 8.00. The summed E-state index contributed by atoms with van der Waals surface area (Å²) in [4.78, 5) is 34.0. The molecule has 16 heteroatoms. The summed E-state index contributed by atoms with van der Waals surface area (Å²) in [5, 5.41) is 11.3. The molecule has 4 heterocycles. The number of carbonyl (C=O) groups is 1. The van der Waals surface area contributed by atoms with E-state index in [1.807, 2.05) is 0 Å². The molecule has 39 heavy (non-hydrogen) atoms. The number of pyridine rings is 1. The molecule has 0 saturated carbocycles. The Bertz CT molecular complexity index is 1550. The van der Waals surface area contributed by atoms with Crippen LogP contribution in [-0.4, -0.2) is 63.7 Å². The lowest BCUT2D eigenvalue weighted by molar-refractivity contribution is -0.165. The second kappa shape index (κ2) is 11.0. The molecule has 0 bridgehead atoms. The van der Waals surface area contributed by atoms with Crippen LogP contribution in [0, 0.1) is 5.92 Å². The maximum Gasteiger partial charge on any atom is 0.410 e. The Hall–Kier alpha value is -3.36. The van der Waals surface area contributed by atoms with Crippen LogP contribution >= 0.6 is 35.0 Å². The fraction of sp³-hybridized carbons (Fsp3) is 0.304. The highest BCUT2D eigenvalue weighted by Gasteiger charge is 2.43. The minimum absolute atomic E-state index is 0.0356. The van der Waals surface area contributed by atoms with Gasteiger partial charge in [-0.25, -0.2) is 24.1 Å². The largest absolute Gasteiger partial charge is 0.410 e. The Labute approximate surface area is 233 Å². The smallest absolute Gasteiger partial charge is 0.343 e. The van der Waals surface area contributed by atoms with E-state index in [4.69, 9.17) is 23.2 Å². The maximum absolute atomic E-state index is 14.0. The van der Waals surface area contributed by atoms with E-state index in [2.05, 4.69) is 25.5 Å². The average Bonchev–Trinajstić information content (AvgIpc) is 3.43. The van der Waals surface area contributed by atoms with E-state index >= 15 is 0 Å². The van der Waals surface area contributed by atoms with Gasteiger partial charge >= 0.3 is 11.9 Å². The molecule has 0 spiro atoms. The topological polar surface area (TPSA) is 113 Å². The lowest BCUT2D eigenvalue weighted by Crippen LogP contribution is -2.52. The van der Waals surface area contributed by atoms with E-state index in [-0.39, 0.29) is 18.2 Å². The number of amides is 1. The molecule has 1 aromatic carbocycles. The third-order valence-corrected chi connectivity index (χ3v) is 7.72. The van der Waals surface area contributed by atoms with Gasteiger partial charge in [0.1, 0.15) is 18.9 Å². The number of alkyl halides is 3. The standard InChI is InChI=1S/C23H19Cl2F3N8O2S/c24-15-5-3-13(4-6-15)19-33-35(9-18-30-12-36(32-18)20-16(25)2-1-7-29-20)22(38)34(19)8-17(23(26,27)28)31-21(37)14-10-39-11-14/h1-7,12,14,17H,8-11H2,(H,31,37). The average molecular weight is 599 g/mol. The van der Waals surface area contributed by atoms with Crippen molar-refractivity contribution in [1.82, 2.24) is 39.4 Å². The van der Waals surface area contributed by atoms with Crippen LogP contribution in [0.5, 0.6) is 0 Å². The molecule has 1 atom stereocenters. The Balaban J connectivity index is 1.49. The van der Waals surface area contributed by atoms with Crippen molar-refractivity contribution >= 4 is 40.9 Å². The predicted octanol–water partition coefficient (Wildman–Crippen LogP) is 3.45. The summed E-state index contributed by atoms with van der Waals surface area (Å²) in [6.07, 6.45) is -1.94. The number of thioether (sulfide) groups is 1. The van der Waals surface area contributed by atoms with Crippen LogP contribution in [0.15, 0.2) is 53.7 Å². The van der Waals surface area contributed by atoms with Crippen LogP contribution in [0.4, 0.5) is 13.2 Å². The number of nitrogens with zero attached hydrogens (tertiary/aromatic N) is 7. The van der Waals surface area contributed by atoms with Gasteiger partial charge in [-0.1, -0.05) is 23.2 Å². The molecule has 5 rings (SSSR count). The van der Waals surface area contributed by atoms with Crippen LogP contribution in [-0.2, 0) is 17.9 Å². The number of aromatic nitrogens is 7. The monoisotopic (exact) mass is 598 g/mol. The van der Waals surface area contributed by atoms with Crippen molar-refractivity contribution in [2.24, 2.45) is 5.92 Å². The van der Waals surface area contributed by atoms with Crippen molar-refractivity contribution in [1.29, 1.82) is 0 Å².